The molecule has 0 aliphatic rings. The molecule has 0 saturated carbocycles. The van der Waals surface area contributed by atoms with E-state index in [2.05, 4.69) is 6.07 Å². The summed E-state index contributed by atoms with van der Waals surface area (Å²) in [6.07, 6.45) is 0. The average molecular weight is 359 g/mol. The fraction of sp³-hybridized carbons (Fsp3) is 0.250. The molecule has 2 aromatic heterocycles. The van der Waals surface area contributed by atoms with Crippen molar-refractivity contribution in [3.05, 3.63) is 63.8 Å². The van der Waals surface area contributed by atoms with Crippen LogP contribution in [0.3, 0.4) is 0 Å². The maximum Gasteiger partial charge on any atom is 0.216 e. The molecule has 0 bridgehead atoms. The molecule has 0 aliphatic heterocycles. The second kappa shape index (κ2) is 5.96. The number of pyridine rings is 1. The summed E-state index contributed by atoms with van der Waals surface area (Å²) in [5, 5.41) is 11.3. The zero-order valence-corrected chi connectivity index (χ0v) is 16.1. The maximum atomic E-state index is 9.72. The van der Waals surface area contributed by atoms with Crippen LogP contribution < -0.4 is 4.57 Å². The number of rotatable bonds is 1. The molecule has 0 N–H and O–H groups in total. The van der Waals surface area contributed by atoms with Gasteiger partial charge in [-0.15, -0.1) is 0 Å². The monoisotopic (exact) mass is 359 g/mol. The number of fused-ring (bicyclic) bond motifs is 3. The fourth-order valence-corrected chi connectivity index (χ4v) is 3.73. The molecule has 4 aromatic rings. The van der Waals surface area contributed by atoms with Crippen LogP contribution in [0.2, 0.25) is 0 Å². The number of aromatic nitrogens is 1. The van der Waals surface area contributed by atoms with Gasteiger partial charge in [0.1, 0.15) is 24.3 Å². The Morgan fingerprint density at radius 3 is 2.52 bits per heavy atom. The molecule has 0 unspecified atom stereocenters. The molecule has 27 heavy (non-hydrogen) atoms. The lowest BCUT2D eigenvalue weighted by molar-refractivity contribution is -0.667. The number of hydrogen-bond acceptors (Lipinski definition) is 2. The van der Waals surface area contributed by atoms with E-state index in [0.717, 1.165) is 27.5 Å². The van der Waals surface area contributed by atoms with Gasteiger partial charge in [-0.25, -0.2) is 0 Å². The molecule has 3 nitrogen and oxygen atoms in total. The molecule has 3 heteroatoms. The van der Waals surface area contributed by atoms with Gasteiger partial charge in [-0.1, -0.05) is 18.2 Å². The molecule has 0 amide bonds. The molecule has 2 aromatic carbocycles. The first kappa shape index (κ1) is 13.1. The largest absolute Gasteiger partial charge is 0.455 e. The highest BCUT2D eigenvalue weighted by Gasteiger charge is 2.24. The normalized spacial score (nSPS) is 13.9. The van der Waals surface area contributed by atoms with E-state index in [1.165, 1.54) is 0 Å². The van der Waals surface area contributed by atoms with Crippen LogP contribution in [0.1, 0.15) is 39.0 Å². The van der Waals surface area contributed by atoms with E-state index >= 15 is 0 Å². The van der Waals surface area contributed by atoms with Gasteiger partial charge in [0.25, 0.3) is 0 Å². The Labute approximate surface area is 165 Å². The lowest BCUT2D eigenvalue weighted by Crippen LogP contribution is -2.36. The Balaban J connectivity index is 2.20. The van der Waals surface area contributed by atoms with E-state index in [-0.39, 0.29) is 11.6 Å². The van der Waals surface area contributed by atoms with Crippen LogP contribution in [0.15, 0.2) is 34.7 Å². The summed E-state index contributed by atoms with van der Waals surface area (Å²) in [6.45, 7) is 4.99. The van der Waals surface area contributed by atoms with Crippen molar-refractivity contribution in [3.63, 3.8) is 0 Å². The predicted molar refractivity (Wildman–Crippen MR) is 109 cm³/mol. The summed E-state index contributed by atoms with van der Waals surface area (Å²) in [5.74, 6) is 0. The van der Waals surface area contributed by atoms with Crippen LogP contribution in [0.25, 0.3) is 33.2 Å². The molecule has 0 saturated heterocycles. The highest BCUT2D eigenvalue weighted by Crippen LogP contribution is 2.39. The Bertz CT molecular complexity index is 1410. The topological polar surface area (TPSA) is 40.8 Å². The number of hydrogen-bond donors (Lipinski definition) is 0. The first-order valence-corrected chi connectivity index (χ1v) is 8.85. The highest BCUT2D eigenvalue weighted by molar-refractivity contribution is 6.12. The minimum atomic E-state index is -2.31. The van der Waals surface area contributed by atoms with E-state index in [0.29, 0.717) is 33.7 Å². The SMILES string of the molecule is [2H]c1c(C)c(C([2H])([2H])[2H])c(C)[n+](C)c1-c1c(C)ccc2c1oc1ccc(C)c(C#N)c12. The minimum absolute atomic E-state index is 0.159. The summed E-state index contributed by atoms with van der Waals surface area (Å²) in [4.78, 5) is 0. The van der Waals surface area contributed by atoms with E-state index in [4.69, 9.17) is 9.90 Å². The molecule has 0 atom stereocenters. The number of benzene rings is 2. The molecular formula is C24H23N2O+. The first-order valence-electron chi connectivity index (χ1n) is 10.8. The zero-order valence-electron chi connectivity index (χ0n) is 20.1. The van der Waals surface area contributed by atoms with Crippen LogP contribution in [0.5, 0.6) is 0 Å². The first-order chi connectivity index (χ1) is 14.5. The minimum Gasteiger partial charge on any atom is -0.455 e. The van der Waals surface area contributed by atoms with Gasteiger partial charge in [-0.2, -0.15) is 9.83 Å². The summed E-state index contributed by atoms with van der Waals surface area (Å²) in [7, 11) is 1.78. The lowest BCUT2D eigenvalue weighted by atomic mass is 9.96. The van der Waals surface area contributed by atoms with E-state index < -0.39 is 6.85 Å². The van der Waals surface area contributed by atoms with Crippen molar-refractivity contribution < 1.29 is 14.5 Å². The smallest absolute Gasteiger partial charge is 0.216 e. The Morgan fingerprint density at radius 1 is 1.07 bits per heavy atom. The maximum absolute atomic E-state index is 9.72. The Kier molecular flexibility index (Phi) is 2.89. The van der Waals surface area contributed by atoms with Crippen LogP contribution in [-0.4, -0.2) is 0 Å². The standard InChI is InChI=1S/C24H23N2O/c1-13-8-10-21-23(19(13)12-25)18-9-7-14(2)22(24(18)27-21)20-11-15(3)16(4)17(5)26(20)6/h7-11H,1-6H3/q+1/i4D3,11D. The molecule has 0 fully saturated rings. The molecular weight excluding hydrogens is 332 g/mol. The fourth-order valence-electron chi connectivity index (χ4n) is 3.73. The lowest BCUT2D eigenvalue weighted by Gasteiger charge is -2.10. The van der Waals surface area contributed by atoms with Crippen molar-refractivity contribution in [2.75, 3.05) is 0 Å². The van der Waals surface area contributed by atoms with Gasteiger partial charge in [0, 0.05) is 33.4 Å². The van der Waals surface area contributed by atoms with Gasteiger partial charge < -0.3 is 4.42 Å². The Hall–Kier alpha value is -3.12. The summed E-state index contributed by atoms with van der Waals surface area (Å²) >= 11 is 0. The second-order valence-corrected chi connectivity index (χ2v) is 7.10. The van der Waals surface area contributed by atoms with Crippen molar-refractivity contribution in [2.45, 2.75) is 34.5 Å². The van der Waals surface area contributed by atoms with Gasteiger partial charge in [0.15, 0.2) is 5.69 Å². The number of furan rings is 1. The third kappa shape index (κ3) is 2.37. The van der Waals surface area contributed by atoms with Gasteiger partial charge in [0.2, 0.25) is 5.69 Å². The number of nitriles is 1. The van der Waals surface area contributed by atoms with Crippen LogP contribution in [0, 0.1) is 45.9 Å². The zero-order chi connectivity index (χ0) is 22.8. The van der Waals surface area contributed by atoms with Gasteiger partial charge in [-0.3, -0.25) is 0 Å². The van der Waals surface area contributed by atoms with Crippen LogP contribution >= 0.6 is 0 Å². The highest BCUT2D eigenvalue weighted by atomic mass is 16.3. The van der Waals surface area contributed by atoms with Crippen molar-refractivity contribution in [3.8, 4) is 17.3 Å². The number of nitrogens with zero attached hydrogens (tertiary/aromatic N) is 2. The van der Waals surface area contributed by atoms with E-state index in [1.54, 1.807) is 25.5 Å². The number of aryl methyl sites for hydroxylation is 2. The molecule has 134 valence electrons. The van der Waals surface area contributed by atoms with Crippen LogP contribution in [-0.2, 0) is 7.05 Å². The van der Waals surface area contributed by atoms with Crippen LogP contribution in [0.4, 0.5) is 0 Å². The van der Waals surface area contributed by atoms with Gasteiger partial charge >= 0.3 is 0 Å². The average Bonchev–Trinajstić information content (AvgIpc) is 3.06. The van der Waals surface area contributed by atoms with E-state index in [9.17, 15) is 5.26 Å². The van der Waals surface area contributed by atoms with E-state index in [1.807, 2.05) is 38.1 Å². The molecule has 2 heterocycles. The van der Waals surface area contributed by atoms with Crippen molar-refractivity contribution in [2.24, 2.45) is 7.05 Å². The summed E-state index contributed by atoms with van der Waals surface area (Å²) < 4.78 is 40.6. The quantitative estimate of drug-likeness (QED) is 0.422. The third-order valence-electron chi connectivity index (χ3n) is 5.45. The van der Waals surface area contributed by atoms with Gasteiger partial charge in [-0.05, 0) is 50.4 Å². The van der Waals surface area contributed by atoms with Crippen molar-refractivity contribution >= 4 is 21.9 Å². The van der Waals surface area contributed by atoms with Gasteiger partial charge in [0.05, 0.1) is 12.5 Å². The predicted octanol–water partition coefficient (Wildman–Crippen LogP) is 5.49. The second-order valence-electron chi connectivity index (χ2n) is 7.10. The molecule has 0 radical (unpaired) electrons. The molecule has 0 aliphatic carbocycles. The summed E-state index contributed by atoms with van der Waals surface area (Å²) in [6, 6.07) is 10.1. The summed E-state index contributed by atoms with van der Waals surface area (Å²) in [5.41, 5.74) is 6.15. The molecule has 4 rings (SSSR count). The van der Waals surface area contributed by atoms with Crippen molar-refractivity contribution in [1.82, 2.24) is 0 Å². The van der Waals surface area contributed by atoms with Crippen molar-refractivity contribution in [1.29, 1.82) is 5.26 Å². The molecule has 0 spiro atoms. The third-order valence-corrected chi connectivity index (χ3v) is 5.45. The Morgan fingerprint density at radius 2 is 1.81 bits per heavy atom.